The fourth-order valence-electron chi connectivity index (χ4n) is 2.46. The van der Waals surface area contributed by atoms with Gasteiger partial charge in [0.1, 0.15) is 0 Å². The maximum atomic E-state index is 11.9. The summed E-state index contributed by atoms with van der Waals surface area (Å²) in [6, 6.07) is 0. The van der Waals surface area contributed by atoms with Crippen molar-refractivity contribution in [1.29, 1.82) is 0 Å². The van der Waals surface area contributed by atoms with Crippen molar-refractivity contribution in [2.75, 3.05) is 12.3 Å². The van der Waals surface area contributed by atoms with E-state index in [0.29, 0.717) is 12.5 Å². The molecule has 1 aromatic heterocycles. The number of anilines is 1. The van der Waals surface area contributed by atoms with Crippen LogP contribution >= 0.6 is 11.3 Å². The lowest BCUT2D eigenvalue weighted by molar-refractivity contribution is 0.270. The van der Waals surface area contributed by atoms with E-state index in [2.05, 4.69) is 21.8 Å². The van der Waals surface area contributed by atoms with E-state index >= 15 is 0 Å². The molecule has 1 aromatic rings. The lowest BCUT2D eigenvalue weighted by Gasteiger charge is -2.27. The number of nitrogen functional groups attached to an aromatic ring is 1. The van der Waals surface area contributed by atoms with Crippen LogP contribution in [0, 0.1) is 11.8 Å². The van der Waals surface area contributed by atoms with Gasteiger partial charge < -0.3 is 5.73 Å². The van der Waals surface area contributed by atoms with Gasteiger partial charge in [0.05, 0.1) is 0 Å². The molecule has 3 N–H and O–H groups in total. The van der Waals surface area contributed by atoms with Gasteiger partial charge in [-0.25, -0.2) is 13.1 Å². The van der Waals surface area contributed by atoms with E-state index in [4.69, 9.17) is 5.73 Å². The molecule has 1 saturated carbocycles. The standard InChI is InChI=1S/C11H20N4O2S2/c1-2-8-3-5-9(6-4-8)7-13-19(16,17)11-15-14-10(12)18-11/h8-9,13H,2-7H2,1H3,(H2,12,14). The van der Waals surface area contributed by atoms with Crippen LogP contribution in [0.15, 0.2) is 4.34 Å². The van der Waals surface area contributed by atoms with Crippen molar-refractivity contribution in [3.05, 3.63) is 0 Å². The molecule has 0 bridgehead atoms. The average molecular weight is 304 g/mol. The summed E-state index contributed by atoms with van der Waals surface area (Å²) in [7, 11) is -3.54. The zero-order valence-electron chi connectivity index (χ0n) is 11.0. The highest BCUT2D eigenvalue weighted by atomic mass is 32.2. The van der Waals surface area contributed by atoms with Gasteiger partial charge in [0.2, 0.25) is 9.47 Å². The fourth-order valence-corrected chi connectivity index (χ4v) is 4.40. The molecule has 0 spiro atoms. The monoisotopic (exact) mass is 304 g/mol. The predicted octanol–water partition coefficient (Wildman–Crippen LogP) is 1.61. The first kappa shape index (κ1) is 14.7. The minimum Gasteiger partial charge on any atom is -0.374 e. The lowest BCUT2D eigenvalue weighted by atomic mass is 9.81. The number of rotatable bonds is 5. The van der Waals surface area contributed by atoms with Crippen LogP contribution in [0.5, 0.6) is 0 Å². The average Bonchev–Trinajstić information content (AvgIpc) is 2.85. The van der Waals surface area contributed by atoms with Crippen LogP contribution in [0.25, 0.3) is 0 Å². The Morgan fingerprint density at radius 3 is 2.42 bits per heavy atom. The molecule has 0 radical (unpaired) electrons. The van der Waals surface area contributed by atoms with E-state index in [9.17, 15) is 8.42 Å². The summed E-state index contributed by atoms with van der Waals surface area (Å²) in [5.74, 6) is 1.25. The minimum atomic E-state index is -3.54. The topological polar surface area (TPSA) is 98.0 Å². The Bertz CT molecular complexity index is 507. The minimum absolute atomic E-state index is 0.0488. The molecule has 1 fully saturated rings. The van der Waals surface area contributed by atoms with Crippen LogP contribution in [0.1, 0.15) is 39.0 Å². The van der Waals surface area contributed by atoms with E-state index < -0.39 is 10.0 Å². The summed E-state index contributed by atoms with van der Waals surface area (Å²) in [5.41, 5.74) is 5.40. The van der Waals surface area contributed by atoms with Gasteiger partial charge in [0.25, 0.3) is 10.0 Å². The van der Waals surface area contributed by atoms with Gasteiger partial charge in [0, 0.05) is 6.54 Å². The third-order valence-corrected chi connectivity index (χ3v) is 6.30. The number of nitrogens with two attached hydrogens (primary N) is 1. The molecule has 19 heavy (non-hydrogen) atoms. The highest BCUT2D eigenvalue weighted by molar-refractivity contribution is 7.91. The van der Waals surface area contributed by atoms with Crippen LogP contribution in [0.2, 0.25) is 0 Å². The van der Waals surface area contributed by atoms with Gasteiger partial charge in [-0.1, -0.05) is 37.5 Å². The Kier molecular flexibility index (Phi) is 4.75. The van der Waals surface area contributed by atoms with E-state index in [1.54, 1.807) is 0 Å². The van der Waals surface area contributed by atoms with Crippen molar-refractivity contribution >= 4 is 26.5 Å². The summed E-state index contributed by atoms with van der Waals surface area (Å²) in [4.78, 5) is 0. The summed E-state index contributed by atoms with van der Waals surface area (Å²) in [6.45, 7) is 2.70. The van der Waals surface area contributed by atoms with Gasteiger partial charge in [-0.3, -0.25) is 0 Å². The maximum absolute atomic E-state index is 11.9. The Balaban J connectivity index is 1.85. The number of hydrogen-bond acceptors (Lipinski definition) is 6. The number of nitrogens with zero attached hydrogens (tertiary/aromatic N) is 2. The molecular weight excluding hydrogens is 284 g/mol. The molecule has 0 unspecified atom stereocenters. The molecule has 0 saturated heterocycles. The van der Waals surface area contributed by atoms with Gasteiger partial charge in [-0.05, 0) is 24.7 Å². The van der Waals surface area contributed by atoms with Crippen LogP contribution in [0.3, 0.4) is 0 Å². The Hall–Kier alpha value is -0.730. The molecule has 108 valence electrons. The molecule has 1 aliphatic carbocycles. The van der Waals surface area contributed by atoms with Gasteiger partial charge in [-0.2, -0.15) is 0 Å². The zero-order valence-corrected chi connectivity index (χ0v) is 12.6. The second kappa shape index (κ2) is 6.15. The number of nitrogens with one attached hydrogen (secondary N) is 1. The third kappa shape index (κ3) is 3.87. The molecular formula is C11H20N4O2S2. The quantitative estimate of drug-likeness (QED) is 0.861. The summed E-state index contributed by atoms with van der Waals surface area (Å²) in [5, 5.41) is 7.27. The van der Waals surface area contributed by atoms with E-state index in [1.165, 1.54) is 19.3 Å². The fraction of sp³-hybridized carbons (Fsp3) is 0.818. The molecule has 6 nitrogen and oxygen atoms in total. The SMILES string of the molecule is CCC1CCC(CNS(=O)(=O)c2nnc(N)s2)CC1. The Morgan fingerprint density at radius 1 is 1.26 bits per heavy atom. The maximum Gasteiger partial charge on any atom is 0.269 e. The molecule has 1 aliphatic rings. The second-order valence-electron chi connectivity index (χ2n) is 5.05. The number of hydrogen-bond donors (Lipinski definition) is 2. The van der Waals surface area contributed by atoms with Crippen molar-refractivity contribution in [1.82, 2.24) is 14.9 Å². The highest BCUT2D eigenvalue weighted by Crippen LogP contribution is 2.30. The normalized spacial score (nSPS) is 24.5. The number of aromatic nitrogens is 2. The summed E-state index contributed by atoms with van der Waals surface area (Å²) in [6.07, 6.45) is 5.82. The molecule has 0 amide bonds. The molecule has 2 rings (SSSR count). The Labute approximate surface area is 117 Å². The first-order valence-corrected chi connectivity index (χ1v) is 8.90. The highest BCUT2D eigenvalue weighted by Gasteiger charge is 2.24. The van der Waals surface area contributed by atoms with Crippen molar-refractivity contribution < 1.29 is 8.42 Å². The summed E-state index contributed by atoms with van der Waals surface area (Å²) < 4.78 is 26.5. The van der Waals surface area contributed by atoms with Gasteiger partial charge >= 0.3 is 0 Å². The molecule has 0 atom stereocenters. The molecule has 1 heterocycles. The first-order valence-electron chi connectivity index (χ1n) is 6.60. The second-order valence-corrected chi connectivity index (χ2v) is 8.00. The van der Waals surface area contributed by atoms with Gasteiger partial charge in [0.15, 0.2) is 0 Å². The largest absolute Gasteiger partial charge is 0.374 e. The first-order chi connectivity index (χ1) is 9.01. The molecule has 8 heteroatoms. The van der Waals surface area contributed by atoms with E-state index in [0.717, 1.165) is 30.1 Å². The van der Waals surface area contributed by atoms with Crippen LogP contribution in [-0.4, -0.2) is 25.2 Å². The van der Waals surface area contributed by atoms with Gasteiger partial charge in [-0.15, -0.1) is 10.2 Å². The smallest absolute Gasteiger partial charge is 0.269 e. The lowest BCUT2D eigenvalue weighted by Crippen LogP contribution is -2.31. The third-order valence-electron chi connectivity index (χ3n) is 3.76. The van der Waals surface area contributed by atoms with Crippen LogP contribution in [0.4, 0.5) is 5.13 Å². The van der Waals surface area contributed by atoms with E-state index in [-0.39, 0.29) is 9.47 Å². The van der Waals surface area contributed by atoms with Crippen molar-refractivity contribution in [3.63, 3.8) is 0 Å². The Morgan fingerprint density at radius 2 is 1.89 bits per heavy atom. The zero-order chi connectivity index (χ0) is 13.9. The summed E-state index contributed by atoms with van der Waals surface area (Å²) >= 11 is 0.890. The molecule has 0 aromatic carbocycles. The van der Waals surface area contributed by atoms with Crippen molar-refractivity contribution in [2.45, 2.75) is 43.4 Å². The predicted molar refractivity (Wildman–Crippen MR) is 75.2 cm³/mol. The molecule has 0 aliphatic heterocycles. The van der Waals surface area contributed by atoms with E-state index in [1.807, 2.05) is 0 Å². The van der Waals surface area contributed by atoms with Crippen molar-refractivity contribution in [2.24, 2.45) is 11.8 Å². The van der Waals surface area contributed by atoms with Crippen molar-refractivity contribution in [3.8, 4) is 0 Å². The van der Waals surface area contributed by atoms with Crippen LogP contribution < -0.4 is 10.5 Å². The van der Waals surface area contributed by atoms with Crippen LogP contribution in [-0.2, 0) is 10.0 Å². The number of sulfonamides is 1.